The SMILES string of the molecule is NC(N)=NCCCC(N)C(=O)NCC(=O)NCC(=O)NC(CCCN=C(N)N)C(=O)O. The van der Waals surface area contributed by atoms with Gasteiger partial charge in [0.15, 0.2) is 11.9 Å². The van der Waals surface area contributed by atoms with Crippen molar-refractivity contribution in [3.05, 3.63) is 0 Å². The molecule has 0 saturated heterocycles. The second-order valence-electron chi connectivity index (χ2n) is 6.46. The van der Waals surface area contributed by atoms with E-state index >= 15 is 0 Å². The summed E-state index contributed by atoms with van der Waals surface area (Å²) in [6, 6.07) is -2.00. The Morgan fingerprint density at radius 3 is 1.84 bits per heavy atom. The molecule has 15 heteroatoms. The molecule has 0 aliphatic rings. The fourth-order valence-corrected chi connectivity index (χ4v) is 2.20. The van der Waals surface area contributed by atoms with Gasteiger partial charge >= 0.3 is 5.97 Å². The number of carboxylic acid groups (broad SMARTS) is 1. The van der Waals surface area contributed by atoms with E-state index in [1.807, 2.05) is 0 Å². The lowest BCUT2D eigenvalue weighted by atomic mass is 10.1. The Morgan fingerprint density at radius 1 is 0.806 bits per heavy atom. The molecule has 2 unspecified atom stereocenters. The van der Waals surface area contributed by atoms with Crippen molar-refractivity contribution in [1.82, 2.24) is 16.0 Å². The molecule has 0 aromatic heterocycles. The Hall–Kier alpha value is -3.62. The lowest BCUT2D eigenvalue weighted by Crippen LogP contribution is -2.48. The molecule has 0 aromatic carbocycles. The summed E-state index contributed by atoms with van der Waals surface area (Å²) in [7, 11) is 0. The summed E-state index contributed by atoms with van der Waals surface area (Å²) >= 11 is 0. The summed E-state index contributed by atoms with van der Waals surface area (Å²) in [4.78, 5) is 54.1. The van der Waals surface area contributed by atoms with Gasteiger partial charge in [-0.25, -0.2) is 4.79 Å². The molecule has 0 aliphatic heterocycles. The van der Waals surface area contributed by atoms with Gasteiger partial charge in [-0.2, -0.15) is 0 Å². The number of aliphatic imine (C=N–C) groups is 2. The molecule has 2 atom stereocenters. The number of rotatable bonds is 15. The van der Waals surface area contributed by atoms with Crippen LogP contribution in [0.25, 0.3) is 0 Å². The highest BCUT2D eigenvalue weighted by Gasteiger charge is 2.20. The van der Waals surface area contributed by atoms with Crippen molar-refractivity contribution >= 4 is 35.6 Å². The second kappa shape index (κ2) is 15.3. The largest absolute Gasteiger partial charge is 0.480 e. The Labute approximate surface area is 179 Å². The van der Waals surface area contributed by atoms with Crippen LogP contribution >= 0.6 is 0 Å². The number of hydrogen-bond donors (Lipinski definition) is 9. The van der Waals surface area contributed by atoms with Crippen LogP contribution in [-0.4, -0.2) is 79.0 Å². The van der Waals surface area contributed by atoms with Crippen LogP contribution in [0.3, 0.4) is 0 Å². The molecule has 176 valence electrons. The Kier molecular flexibility index (Phi) is 13.5. The molecule has 0 aliphatic carbocycles. The van der Waals surface area contributed by atoms with Crippen molar-refractivity contribution in [1.29, 1.82) is 0 Å². The smallest absolute Gasteiger partial charge is 0.326 e. The highest BCUT2D eigenvalue weighted by molar-refractivity contribution is 5.90. The van der Waals surface area contributed by atoms with Crippen molar-refractivity contribution in [2.75, 3.05) is 26.2 Å². The van der Waals surface area contributed by atoms with Crippen LogP contribution in [0.1, 0.15) is 25.7 Å². The minimum Gasteiger partial charge on any atom is -0.480 e. The Bertz CT molecular complexity index is 674. The molecular formula is C16H32N10O5. The van der Waals surface area contributed by atoms with E-state index in [2.05, 4.69) is 25.9 Å². The van der Waals surface area contributed by atoms with Crippen molar-refractivity contribution < 1.29 is 24.3 Å². The van der Waals surface area contributed by atoms with Crippen LogP contribution in [0.5, 0.6) is 0 Å². The molecule has 0 saturated carbocycles. The molecule has 0 fully saturated rings. The minimum absolute atomic E-state index is 0.0562. The van der Waals surface area contributed by atoms with E-state index in [1.54, 1.807) is 0 Å². The maximum absolute atomic E-state index is 11.9. The lowest BCUT2D eigenvalue weighted by molar-refractivity contribution is -0.142. The third-order valence-corrected chi connectivity index (χ3v) is 3.75. The van der Waals surface area contributed by atoms with Gasteiger partial charge in [0.25, 0.3) is 0 Å². The molecule has 0 spiro atoms. The molecule has 0 heterocycles. The highest BCUT2D eigenvalue weighted by atomic mass is 16.4. The fraction of sp³-hybridized carbons (Fsp3) is 0.625. The predicted octanol–water partition coefficient (Wildman–Crippen LogP) is -4.78. The van der Waals surface area contributed by atoms with Gasteiger partial charge in [0, 0.05) is 13.1 Å². The molecule has 0 radical (unpaired) electrons. The first-order valence-corrected chi connectivity index (χ1v) is 9.45. The summed E-state index contributed by atoms with van der Waals surface area (Å²) in [6.07, 6.45) is 1.23. The Morgan fingerprint density at radius 2 is 1.32 bits per heavy atom. The number of guanidine groups is 2. The monoisotopic (exact) mass is 444 g/mol. The number of aliphatic carboxylic acids is 1. The predicted molar refractivity (Wildman–Crippen MR) is 113 cm³/mol. The number of carbonyl (C=O) groups is 4. The molecule has 31 heavy (non-hydrogen) atoms. The van der Waals surface area contributed by atoms with Crippen molar-refractivity contribution in [2.45, 2.75) is 37.8 Å². The van der Waals surface area contributed by atoms with E-state index in [0.29, 0.717) is 25.8 Å². The van der Waals surface area contributed by atoms with Gasteiger partial charge in [-0.15, -0.1) is 0 Å². The van der Waals surface area contributed by atoms with Gasteiger partial charge in [0.1, 0.15) is 6.04 Å². The number of nitrogens with one attached hydrogen (secondary N) is 3. The molecular weight excluding hydrogens is 412 g/mol. The number of carboxylic acids is 1. The topological polar surface area (TPSA) is 279 Å². The summed E-state index contributed by atoms with van der Waals surface area (Å²) < 4.78 is 0. The van der Waals surface area contributed by atoms with Gasteiger partial charge in [-0.05, 0) is 25.7 Å². The quantitative estimate of drug-likeness (QED) is 0.0659. The first-order valence-electron chi connectivity index (χ1n) is 9.45. The molecule has 0 bridgehead atoms. The van der Waals surface area contributed by atoms with Crippen LogP contribution in [0.2, 0.25) is 0 Å². The number of carbonyl (C=O) groups excluding carboxylic acids is 3. The van der Waals surface area contributed by atoms with Crippen molar-refractivity contribution in [3.63, 3.8) is 0 Å². The molecule has 14 N–H and O–H groups in total. The van der Waals surface area contributed by atoms with Gasteiger partial charge < -0.3 is 49.7 Å². The summed E-state index contributed by atoms with van der Waals surface area (Å²) in [5.74, 6) is -3.29. The van der Waals surface area contributed by atoms with E-state index in [4.69, 9.17) is 33.8 Å². The third-order valence-electron chi connectivity index (χ3n) is 3.75. The van der Waals surface area contributed by atoms with Crippen LogP contribution in [0.15, 0.2) is 9.98 Å². The zero-order valence-corrected chi connectivity index (χ0v) is 17.2. The average molecular weight is 444 g/mol. The average Bonchev–Trinajstić information content (AvgIpc) is 2.69. The van der Waals surface area contributed by atoms with Crippen LogP contribution in [0, 0.1) is 0 Å². The van der Waals surface area contributed by atoms with Gasteiger partial charge in [0.2, 0.25) is 17.7 Å². The van der Waals surface area contributed by atoms with Gasteiger partial charge in [0.05, 0.1) is 19.1 Å². The first kappa shape index (κ1) is 27.4. The molecule has 0 rings (SSSR count). The zero-order chi connectivity index (χ0) is 23.8. The number of nitrogens with two attached hydrogens (primary N) is 5. The highest BCUT2D eigenvalue weighted by Crippen LogP contribution is 1.98. The normalized spacial score (nSPS) is 12.0. The zero-order valence-electron chi connectivity index (χ0n) is 17.2. The lowest BCUT2D eigenvalue weighted by Gasteiger charge is -2.15. The third kappa shape index (κ3) is 15.0. The molecule has 3 amide bonds. The maximum atomic E-state index is 11.9. The first-order chi connectivity index (χ1) is 14.5. The van der Waals surface area contributed by atoms with Crippen LogP contribution in [-0.2, 0) is 19.2 Å². The molecule has 15 nitrogen and oxygen atoms in total. The number of amides is 3. The maximum Gasteiger partial charge on any atom is 0.326 e. The van der Waals surface area contributed by atoms with E-state index in [0.717, 1.165) is 0 Å². The van der Waals surface area contributed by atoms with Crippen molar-refractivity contribution in [3.8, 4) is 0 Å². The number of nitrogens with zero attached hydrogens (tertiary/aromatic N) is 2. The van der Waals surface area contributed by atoms with Gasteiger partial charge in [-0.3, -0.25) is 24.4 Å². The summed E-state index contributed by atoms with van der Waals surface area (Å²) in [5.41, 5.74) is 26.4. The van der Waals surface area contributed by atoms with Crippen LogP contribution < -0.4 is 44.6 Å². The fourth-order valence-electron chi connectivity index (χ4n) is 2.20. The Balaban J connectivity index is 4.18. The second-order valence-corrected chi connectivity index (χ2v) is 6.46. The summed E-state index contributed by atoms with van der Waals surface area (Å²) in [5, 5.41) is 16.0. The van der Waals surface area contributed by atoms with Crippen LogP contribution in [0.4, 0.5) is 0 Å². The van der Waals surface area contributed by atoms with E-state index in [-0.39, 0.29) is 24.9 Å². The molecule has 0 aromatic rings. The van der Waals surface area contributed by atoms with E-state index in [1.165, 1.54) is 0 Å². The van der Waals surface area contributed by atoms with Gasteiger partial charge in [-0.1, -0.05) is 0 Å². The standard InChI is InChI=1S/C16H32N10O5/c17-9(3-1-5-22-15(18)19)13(29)25-7-11(27)24-8-12(28)26-10(14(30)31)4-2-6-23-16(20)21/h9-10H,1-8,17H2,(H,24,27)(H,25,29)(H,26,28)(H,30,31)(H4,18,19,22)(H4,20,21,23). The van der Waals surface area contributed by atoms with Crippen molar-refractivity contribution in [2.24, 2.45) is 38.7 Å². The minimum atomic E-state index is -1.23. The number of hydrogen-bond acceptors (Lipinski definition) is 7. The van der Waals surface area contributed by atoms with E-state index < -0.39 is 48.9 Å². The summed E-state index contributed by atoms with van der Waals surface area (Å²) in [6.45, 7) is -0.315. The van der Waals surface area contributed by atoms with E-state index in [9.17, 15) is 19.2 Å².